The predicted octanol–water partition coefficient (Wildman–Crippen LogP) is 15.3. The Bertz CT molecular complexity index is 1580. The molecule has 0 aromatic carbocycles. The van der Waals surface area contributed by atoms with Crippen molar-refractivity contribution in [3.63, 3.8) is 0 Å². The number of rotatable bonds is 50. The summed E-state index contributed by atoms with van der Waals surface area (Å²) in [5, 5.41) is 31.4. The van der Waals surface area contributed by atoms with Crippen molar-refractivity contribution < 1.29 is 58.2 Å². The van der Waals surface area contributed by atoms with E-state index in [0.717, 1.165) is 135 Å². The molecule has 12 nitrogen and oxygen atoms in total. The van der Waals surface area contributed by atoms with E-state index >= 15 is 0 Å². The second kappa shape index (κ2) is 50.9. The van der Waals surface area contributed by atoms with Crippen molar-refractivity contribution in [3.05, 3.63) is 72.9 Å². The largest absolute Gasteiger partial charge is 0.479 e. The first-order valence-electron chi connectivity index (χ1n) is 29.9. The summed E-state index contributed by atoms with van der Waals surface area (Å²) in [7, 11) is 0. The fourth-order valence-electron chi connectivity index (χ4n) is 8.68. The van der Waals surface area contributed by atoms with Crippen LogP contribution in [0.5, 0.6) is 0 Å². The Balaban J connectivity index is 2.69. The molecule has 12 heteroatoms. The van der Waals surface area contributed by atoms with Crippen LogP contribution in [0.15, 0.2) is 72.9 Å². The van der Waals surface area contributed by atoms with E-state index in [0.29, 0.717) is 19.3 Å². The van der Waals surface area contributed by atoms with Gasteiger partial charge < -0.3 is 39.0 Å². The third kappa shape index (κ3) is 41.0. The number of hydrogen-bond donors (Lipinski definition) is 3. The number of aliphatic carboxylic acids is 1. The van der Waals surface area contributed by atoms with E-state index in [1.165, 1.54) is 57.8 Å². The van der Waals surface area contributed by atoms with E-state index in [-0.39, 0.29) is 25.9 Å². The van der Waals surface area contributed by atoms with Crippen LogP contribution < -0.4 is 0 Å². The lowest BCUT2D eigenvalue weighted by Crippen LogP contribution is -2.61. The van der Waals surface area contributed by atoms with Crippen LogP contribution in [0.3, 0.4) is 0 Å². The highest BCUT2D eigenvalue weighted by Crippen LogP contribution is 2.26. The Kier molecular flexibility index (Phi) is 47.0. The molecule has 1 fully saturated rings. The number of carbonyl (C=O) groups is 4. The molecule has 3 N–H and O–H groups in total. The van der Waals surface area contributed by atoms with Crippen LogP contribution in [0.1, 0.15) is 252 Å². The summed E-state index contributed by atoms with van der Waals surface area (Å²) in [4.78, 5) is 51.1. The Morgan fingerprint density at radius 2 is 0.840 bits per heavy atom. The molecule has 0 aromatic rings. The van der Waals surface area contributed by atoms with Crippen molar-refractivity contribution in [2.75, 3.05) is 13.2 Å². The number of carboxylic acid groups (broad SMARTS) is 1. The van der Waals surface area contributed by atoms with Crippen molar-refractivity contribution in [2.45, 2.75) is 289 Å². The van der Waals surface area contributed by atoms with Gasteiger partial charge in [0.2, 0.25) is 0 Å². The molecule has 75 heavy (non-hydrogen) atoms. The molecular weight excluding hydrogens is 949 g/mol. The Morgan fingerprint density at radius 1 is 0.453 bits per heavy atom. The second-order valence-electron chi connectivity index (χ2n) is 20.3. The Hall–Kier alpha value is -3.84. The normalized spacial score (nSPS) is 18.7. The summed E-state index contributed by atoms with van der Waals surface area (Å²) in [6.45, 7) is 5.82. The standard InChI is InChI=1S/C63H106O12/c1-4-7-10-13-16-19-22-24-26-27-28-29-31-32-35-37-40-43-46-49-55(64)71-52-54(73-56(65)50-47-44-41-39-36-33-30-25-23-20-17-14-11-8-5-2)53-72-63-61(59(68)58(67)60(75-63)62(69)70)74-57(66)51-48-45-42-38-34-21-18-15-12-9-6-3/h7,10,16-17,19-20,24-26,28-30,54,58-61,63,67-68H,4-6,8-9,11-15,18,21-23,27,31-53H2,1-3H3,(H,69,70)/b10-7-,19-16-,20-17-,26-24-,29-28-,30-25-. The molecule has 0 radical (unpaired) electrons. The lowest BCUT2D eigenvalue weighted by Gasteiger charge is -2.40. The topological polar surface area (TPSA) is 175 Å². The van der Waals surface area contributed by atoms with Gasteiger partial charge in [0.05, 0.1) is 6.61 Å². The number of carbonyl (C=O) groups excluding carboxylic acids is 3. The van der Waals surface area contributed by atoms with Gasteiger partial charge in [-0.05, 0) is 89.9 Å². The monoisotopic (exact) mass is 1050 g/mol. The van der Waals surface area contributed by atoms with Gasteiger partial charge in [-0.15, -0.1) is 0 Å². The van der Waals surface area contributed by atoms with E-state index in [2.05, 4.69) is 93.7 Å². The molecule has 1 aliphatic rings. The molecule has 1 aliphatic heterocycles. The van der Waals surface area contributed by atoms with Crippen molar-refractivity contribution in [3.8, 4) is 0 Å². The number of unbranched alkanes of at least 4 members (excludes halogenated alkanes) is 24. The average molecular weight is 1060 g/mol. The van der Waals surface area contributed by atoms with E-state index in [1.807, 2.05) is 0 Å². The van der Waals surface area contributed by atoms with Gasteiger partial charge >= 0.3 is 23.9 Å². The minimum atomic E-state index is -1.91. The summed E-state index contributed by atoms with van der Waals surface area (Å²) in [5.74, 6) is -3.15. The number of hydrogen-bond acceptors (Lipinski definition) is 11. The zero-order chi connectivity index (χ0) is 54.7. The van der Waals surface area contributed by atoms with Gasteiger partial charge in [0.15, 0.2) is 24.6 Å². The molecule has 0 spiro atoms. The van der Waals surface area contributed by atoms with Gasteiger partial charge in [-0.25, -0.2) is 4.79 Å². The SMILES string of the molecule is CC/C=C\C/C=C\C/C=C\C/C=C\CCCCCCCCC(=O)OCC(COC1OC(C(=O)O)C(O)C(O)C1OC(=O)CCCCCCCCCCCCC)OC(=O)CCCCCCC/C=C\C/C=C\CCCCC. The third-order valence-electron chi connectivity index (χ3n) is 13.3. The lowest BCUT2D eigenvalue weighted by atomic mass is 9.98. The van der Waals surface area contributed by atoms with Crippen LogP contribution in [0.25, 0.3) is 0 Å². The lowest BCUT2D eigenvalue weighted by molar-refractivity contribution is -0.301. The summed E-state index contributed by atoms with van der Waals surface area (Å²) < 4.78 is 28.4. The minimum absolute atomic E-state index is 0.0580. The van der Waals surface area contributed by atoms with E-state index in [4.69, 9.17) is 23.7 Å². The molecule has 0 amide bonds. The number of aliphatic hydroxyl groups excluding tert-OH is 2. The van der Waals surface area contributed by atoms with Crippen molar-refractivity contribution in [1.82, 2.24) is 0 Å². The summed E-state index contributed by atoms with van der Waals surface area (Å²) in [6, 6.07) is 0. The fourth-order valence-corrected chi connectivity index (χ4v) is 8.68. The average Bonchev–Trinajstić information content (AvgIpc) is 3.39. The first-order valence-corrected chi connectivity index (χ1v) is 29.9. The first-order chi connectivity index (χ1) is 36.6. The van der Waals surface area contributed by atoms with E-state index < -0.39 is 67.3 Å². The predicted molar refractivity (Wildman–Crippen MR) is 303 cm³/mol. The number of esters is 3. The highest BCUT2D eigenvalue weighted by atomic mass is 16.7. The van der Waals surface area contributed by atoms with E-state index in [9.17, 15) is 34.5 Å². The molecule has 6 atom stereocenters. The molecule has 1 saturated heterocycles. The van der Waals surface area contributed by atoms with Crippen LogP contribution in [0.2, 0.25) is 0 Å². The van der Waals surface area contributed by atoms with Gasteiger partial charge in [0, 0.05) is 19.3 Å². The highest BCUT2D eigenvalue weighted by Gasteiger charge is 2.50. The smallest absolute Gasteiger partial charge is 0.335 e. The van der Waals surface area contributed by atoms with Gasteiger partial charge in [0.1, 0.15) is 18.8 Å². The zero-order valence-electron chi connectivity index (χ0n) is 47.3. The molecule has 430 valence electrons. The molecule has 1 heterocycles. The number of carboxylic acids is 1. The van der Waals surface area contributed by atoms with Gasteiger partial charge in [-0.1, -0.05) is 216 Å². The van der Waals surface area contributed by atoms with Crippen LogP contribution >= 0.6 is 0 Å². The van der Waals surface area contributed by atoms with Gasteiger partial charge in [-0.3, -0.25) is 14.4 Å². The summed E-state index contributed by atoms with van der Waals surface area (Å²) in [6.07, 6.45) is 51.6. The minimum Gasteiger partial charge on any atom is -0.479 e. The number of allylic oxidation sites excluding steroid dienone is 12. The zero-order valence-corrected chi connectivity index (χ0v) is 47.3. The Labute approximate surface area is 455 Å². The molecule has 0 bridgehead atoms. The number of ether oxygens (including phenoxy) is 5. The van der Waals surface area contributed by atoms with Crippen molar-refractivity contribution in [1.29, 1.82) is 0 Å². The summed E-state index contributed by atoms with van der Waals surface area (Å²) in [5.41, 5.74) is 0. The third-order valence-corrected chi connectivity index (χ3v) is 13.3. The van der Waals surface area contributed by atoms with Gasteiger partial charge in [0.25, 0.3) is 0 Å². The highest BCUT2D eigenvalue weighted by molar-refractivity contribution is 5.74. The molecule has 1 rings (SSSR count). The van der Waals surface area contributed by atoms with Crippen molar-refractivity contribution >= 4 is 23.9 Å². The van der Waals surface area contributed by atoms with Crippen LogP contribution in [0, 0.1) is 0 Å². The first kappa shape index (κ1) is 69.2. The summed E-state index contributed by atoms with van der Waals surface area (Å²) >= 11 is 0. The van der Waals surface area contributed by atoms with Crippen LogP contribution in [-0.2, 0) is 42.9 Å². The molecule has 0 aliphatic carbocycles. The molecule has 6 unspecified atom stereocenters. The maximum absolute atomic E-state index is 13.1. The number of aliphatic hydroxyl groups is 2. The quantitative estimate of drug-likeness (QED) is 0.0228. The maximum atomic E-state index is 13.1. The second-order valence-corrected chi connectivity index (χ2v) is 20.3. The van der Waals surface area contributed by atoms with Crippen LogP contribution in [-0.4, -0.2) is 89.2 Å². The van der Waals surface area contributed by atoms with Gasteiger partial charge in [-0.2, -0.15) is 0 Å². The molecule has 0 saturated carbocycles. The van der Waals surface area contributed by atoms with Crippen molar-refractivity contribution in [2.24, 2.45) is 0 Å². The van der Waals surface area contributed by atoms with Crippen LogP contribution in [0.4, 0.5) is 0 Å². The van der Waals surface area contributed by atoms with E-state index in [1.54, 1.807) is 0 Å². The molecule has 0 aromatic heterocycles. The molecular formula is C63H106O12. The maximum Gasteiger partial charge on any atom is 0.335 e. The fraction of sp³-hybridized carbons (Fsp3) is 0.746. The Morgan fingerprint density at radius 3 is 1.31 bits per heavy atom.